The molecule has 3 heteroatoms. The van der Waals surface area contributed by atoms with E-state index in [1.54, 1.807) is 0 Å². The van der Waals surface area contributed by atoms with E-state index in [1.807, 2.05) is 12.3 Å². The number of hydrogen-bond acceptors (Lipinski definition) is 1. The average Bonchev–Trinajstić information content (AvgIpc) is 3.38. The maximum Gasteiger partial charge on any atom is 0.291 e. The highest BCUT2D eigenvalue weighted by atomic mass is 16.3. The molecule has 0 aliphatic carbocycles. The molecule has 2 aromatic heterocycles. The van der Waals surface area contributed by atoms with Gasteiger partial charge in [0.1, 0.15) is 29.2 Å². The normalized spacial score (nSPS) is 11.9. The predicted octanol–water partition coefficient (Wildman–Crippen LogP) is 7.10. The van der Waals surface area contributed by atoms with Gasteiger partial charge in [-0.25, -0.2) is 4.98 Å². The van der Waals surface area contributed by atoms with Crippen LogP contribution in [0.4, 0.5) is 0 Å². The molecule has 0 aliphatic heterocycles. The van der Waals surface area contributed by atoms with Crippen LogP contribution in [-0.2, 0) is 0 Å². The molecule has 5 aromatic rings. The number of nitrogens with zero attached hydrogens (tertiary/aromatic N) is 1. The van der Waals surface area contributed by atoms with Gasteiger partial charge in [0.2, 0.25) is 0 Å². The average molecular weight is 396 g/mol. The third-order valence-corrected chi connectivity index (χ3v) is 5.90. The SMILES string of the molecule is CC(C)c1cc(C(C)C)c2oc3ccccc3c2c1-[n+]1cc[nH]c1-c1ccccc1. The quantitative estimate of drug-likeness (QED) is 0.323. The maximum absolute atomic E-state index is 6.44. The summed E-state index contributed by atoms with van der Waals surface area (Å²) < 4.78 is 8.73. The van der Waals surface area contributed by atoms with Crippen LogP contribution in [0.25, 0.3) is 39.0 Å². The first kappa shape index (κ1) is 18.7. The number of furan rings is 1. The fourth-order valence-corrected chi connectivity index (χ4v) is 4.40. The van der Waals surface area contributed by atoms with Crippen molar-refractivity contribution in [2.75, 3.05) is 0 Å². The molecule has 3 nitrogen and oxygen atoms in total. The van der Waals surface area contributed by atoms with Crippen molar-refractivity contribution in [2.24, 2.45) is 0 Å². The lowest BCUT2D eigenvalue weighted by Crippen LogP contribution is -2.33. The first-order valence-electron chi connectivity index (χ1n) is 10.7. The number of para-hydroxylation sites is 1. The molecule has 0 radical (unpaired) electrons. The number of rotatable bonds is 4. The topological polar surface area (TPSA) is 32.8 Å². The van der Waals surface area contributed by atoms with Gasteiger partial charge in [-0.15, -0.1) is 0 Å². The van der Waals surface area contributed by atoms with Gasteiger partial charge in [-0.1, -0.05) is 64.1 Å². The van der Waals surface area contributed by atoms with Crippen molar-refractivity contribution in [3.63, 3.8) is 0 Å². The summed E-state index contributed by atoms with van der Waals surface area (Å²) in [5.74, 6) is 1.83. The van der Waals surface area contributed by atoms with Crippen LogP contribution in [0.1, 0.15) is 50.7 Å². The van der Waals surface area contributed by atoms with E-state index in [9.17, 15) is 0 Å². The number of H-pyrrole nitrogens is 1. The minimum atomic E-state index is 0.376. The summed E-state index contributed by atoms with van der Waals surface area (Å²) in [7, 11) is 0. The molecule has 0 bridgehead atoms. The van der Waals surface area contributed by atoms with Crippen molar-refractivity contribution in [3.8, 4) is 17.1 Å². The highest BCUT2D eigenvalue weighted by Crippen LogP contribution is 2.40. The molecular formula is C27H27N2O+. The summed E-state index contributed by atoms with van der Waals surface area (Å²) in [6, 6.07) is 21.2. The Morgan fingerprint density at radius 1 is 0.833 bits per heavy atom. The van der Waals surface area contributed by atoms with Gasteiger partial charge < -0.3 is 4.42 Å². The van der Waals surface area contributed by atoms with Crippen molar-refractivity contribution in [3.05, 3.63) is 84.2 Å². The van der Waals surface area contributed by atoms with Crippen LogP contribution in [0.3, 0.4) is 0 Å². The van der Waals surface area contributed by atoms with Crippen molar-refractivity contribution < 1.29 is 8.98 Å². The van der Waals surface area contributed by atoms with Crippen LogP contribution in [0, 0.1) is 0 Å². The lowest BCUT2D eigenvalue weighted by molar-refractivity contribution is -0.581. The minimum Gasteiger partial charge on any atom is -0.456 e. The van der Waals surface area contributed by atoms with Gasteiger partial charge in [-0.05, 0) is 41.7 Å². The maximum atomic E-state index is 6.44. The van der Waals surface area contributed by atoms with Crippen LogP contribution >= 0.6 is 0 Å². The number of nitrogens with one attached hydrogen (secondary N) is 1. The van der Waals surface area contributed by atoms with E-state index in [2.05, 4.69) is 98.0 Å². The Labute approximate surface area is 177 Å². The molecule has 5 rings (SSSR count). The van der Waals surface area contributed by atoms with Crippen LogP contribution in [-0.4, -0.2) is 4.98 Å². The Morgan fingerprint density at radius 3 is 2.27 bits per heavy atom. The smallest absolute Gasteiger partial charge is 0.291 e. The molecule has 0 saturated heterocycles. The molecule has 2 heterocycles. The molecule has 30 heavy (non-hydrogen) atoms. The highest BCUT2D eigenvalue weighted by Gasteiger charge is 2.27. The molecule has 150 valence electrons. The zero-order valence-corrected chi connectivity index (χ0v) is 17.9. The van der Waals surface area contributed by atoms with E-state index >= 15 is 0 Å². The largest absolute Gasteiger partial charge is 0.456 e. The van der Waals surface area contributed by atoms with Crippen LogP contribution in [0.15, 0.2) is 77.5 Å². The summed E-state index contributed by atoms with van der Waals surface area (Å²) in [6.07, 6.45) is 4.14. The van der Waals surface area contributed by atoms with E-state index < -0.39 is 0 Å². The number of fused-ring (bicyclic) bond motifs is 3. The molecule has 3 aromatic carbocycles. The molecule has 1 N–H and O–H groups in total. The number of imidazole rings is 1. The molecule has 0 saturated carbocycles. The van der Waals surface area contributed by atoms with Crippen LogP contribution < -0.4 is 4.57 Å². The van der Waals surface area contributed by atoms with Crippen molar-refractivity contribution in [1.82, 2.24) is 4.98 Å². The number of aromatic nitrogens is 2. The van der Waals surface area contributed by atoms with E-state index in [4.69, 9.17) is 4.42 Å². The molecule has 0 unspecified atom stereocenters. The first-order valence-corrected chi connectivity index (χ1v) is 10.7. The van der Waals surface area contributed by atoms with Crippen molar-refractivity contribution in [2.45, 2.75) is 39.5 Å². The van der Waals surface area contributed by atoms with Gasteiger partial charge in [-0.3, -0.25) is 0 Å². The summed E-state index contributed by atoms with van der Waals surface area (Å²) in [4.78, 5) is 3.46. The van der Waals surface area contributed by atoms with Gasteiger partial charge in [0.05, 0.1) is 10.9 Å². The van der Waals surface area contributed by atoms with Gasteiger partial charge >= 0.3 is 0 Å². The predicted molar refractivity (Wildman–Crippen MR) is 123 cm³/mol. The molecular weight excluding hydrogens is 368 g/mol. The third kappa shape index (κ3) is 2.85. The molecule has 0 atom stereocenters. The van der Waals surface area contributed by atoms with E-state index in [-0.39, 0.29) is 0 Å². The van der Waals surface area contributed by atoms with Gasteiger partial charge in [0.15, 0.2) is 0 Å². The summed E-state index contributed by atoms with van der Waals surface area (Å²) in [5, 5.41) is 2.36. The van der Waals surface area contributed by atoms with Crippen molar-refractivity contribution in [1.29, 1.82) is 0 Å². The van der Waals surface area contributed by atoms with Crippen LogP contribution in [0.5, 0.6) is 0 Å². The second kappa shape index (κ2) is 7.17. The van der Waals surface area contributed by atoms with Gasteiger partial charge in [-0.2, -0.15) is 4.57 Å². The lowest BCUT2D eigenvalue weighted by Gasteiger charge is -2.16. The molecule has 0 fully saturated rings. The van der Waals surface area contributed by atoms with Gasteiger partial charge in [0.25, 0.3) is 5.82 Å². The summed E-state index contributed by atoms with van der Waals surface area (Å²) in [6.45, 7) is 9.02. The van der Waals surface area contributed by atoms with E-state index in [0.717, 1.165) is 22.6 Å². The number of benzene rings is 3. The monoisotopic (exact) mass is 395 g/mol. The summed E-state index contributed by atoms with van der Waals surface area (Å²) in [5.41, 5.74) is 6.90. The Kier molecular flexibility index (Phi) is 4.47. The Morgan fingerprint density at radius 2 is 1.53 bits per heavy atom. The number of aromatic amines is 1. The minimum absolute atomic E-state index is 0.376. The molecule has 0 amide bonds. The van der Waals surface area contributed by atoms with E-state index in [1.165, 1.54) is 27.6 Å². The third-order valence-electron chi connectivity index (χ3n) is 5.90. The van der Waals surface area contributed by atoms with Crippen molar-refractivity contribution >= 4 is 21.9 Å². The Bertz CT molecular complexity index is 1340. The van der Waals surface area contributed by atoms with Crippen LogP contribution in [0.2, 0.25) is 0 Å². The Hall–Kier alpha value is -3.33. The lowest BCUT2D eigenvalue weighted by atomic mass is 9.90. The molecule has 0 aliphatic rings. The number of hydrogen-bond donors (Lipinski definition) is 1. The zero-order chi connectivity index (χ0) is 20.8. The second-order valence-corrected chi connectivity index (χ2v) is 8.56. The second-order valence-electron chi connectivity index (χ2n) is 8.56. The standard InChI is InChI=1S/C27H26N2O/c1-17(2)21-16-22(18(3)4)26-24(20-12-8-9-13-23(20)30-26)25(21)29-15-14-28-27(29)19-10-6-5-7-11-19/h5-18H,1-4H3/p+1. The first-order chi connectivity index (χ1) is 14.6. The summed E-state index contributed by atoms with van der Waals surface area (Å²) >= 11 is 0. The van der Waals surface area contributed by atoms with E-state index in [0.29, 0.717) is 11.8 Å². The fraction of sp³-hybridized carbons (Fsp3) is 0.222. The Balaban J connectivity index is 1.95. The van der Waals surface area contributed by atoms with Gasteiger partial charge in [0, 0.05) is 10.9 Å². The zero-order valence-electron chi connectivity index (χ0n) is 17.9. The fourth-order valence-electron chi connectivity index (χ4n) is 4.40. The highest BCUT2D eigenvalue weighted by molar-refractivity contribution is 6.10. The molecule has 0 spiro atoms.